The van der Waals surface area contributed by atoms with Crippen LogP contribution in [0.1, 0.15) is 31.0 Å². The van der Waals surface area contributed by atoms with Gasteiger partial charge in [-0.3, -0.25) is 9.59 Å². The van der Waals surface area contributed by atoms with Gasteiger partial charge >= 0.3 is 0 Å². The minimum Gasteiger partial charge on any atom is -0.329 e. The van der Waals surface area contributed by atoms with E-state index in [-0.39, 0.29) is 23.9 Å². The number of fused-ring (bicyclic) bond motifs is 2. The lowest BCUT2D eigenvalue weighted by molar-refractivity contribution is -0.117. The van der Waals surface area contributed by atoms with Crippen LogP contribution >= 0.6 is 0 Å². The van der Waals surface area contributed by atoms with Gasteiger partial charge < -0.3 is 10.3 Å². The number of anilines is 1. The van der Waals surface area contributed by atoms with Crippen molar-refractivity contribution in [3.8, 4) is 0 Å². The highest BCUT2D eigenvalue weighted by molar-refractivity contribution is 5.91. The molecule has 28 heavy (non-hydrogen) atoms. The van der Waals surface area contributed by atoms with Gasteiger partial charge in [0.2, 0.25) is 5.91 Å². The molecule has 4 rings (SSSR count). The molecule has 1 amide bonds. The summed E-state index contributed by atoms with van der Waals surface area (Å²) in [4.78, 5) is 36.6. The number of rotatable bonds is 4. The molecule has 0 aliphatic rings. The van der Waals surface area contributed by atoms with Crippen molar-refractivity contribution in [3.63, 3.8) is 0 Å². The second-order valence-electron chi connectivity index (χ2n) is 7.07. The number of carbonyl (C=O) groups excluding carboxylic acids is 1. The molecule has 0 atom stereocenters. The molecule has 0 unspecified atom stereocenters. The molecule has 142 valence electrons. The summed E-state index contributed by atoms with van der Waals surface area (Å²) in [5, 5.41) is 8.58. The third-order valence-electron chi connectivity index (χ3n) is 4.53. The Morgan fingerprint density at radius 2 is 2.04 bits per heavy atom. The van der Waals surface area contributed by atoms with Crippen LogP contribution in [0.3, 0.4) is 0 Å². The number of aromatic amines is 1. The molecule has 0 radical (unpaired) electrons. The SMILES string of the molecule is Cc1ccc2c(=O)n(CC(=O)Nc3ccc4nc[nH]c4n3)nc(C(C)C)c2c1. The summed E-state index contributed by atoms with van der Waals surface area (Å²) in [6, 6.07) is 9.07. The summed E-state index contributed by atoms with van der Waals surface area (Å²) in [6.45, 7) is 5.82. The summed E-state index contributed by atoms with van der Waals surface area (Å²) in [5.41, 5.74) is 2.86. The lowest BCUT2D eigenvalue weighted by Gasteiger charge is -2.13. The molecule has 0 bridgehead atoms. The molecule has 0 aliphatic heterocycles. The molecule has 3 aromatic heterocycles. The molecule has 8 heteroatoms. The predicted octanol–water partition coefficient (Wildman–Crippen LogP) is 2.74. The molecule has 0 fully saturated rings. The van der Waals surface area contributed by atoms with Crippen molar-refractivity contribution in [1.82, 2.24) is 24.7 Å². The maximum atomic E-state index is 12.8. The Hall–Kier alpha value is -3.55. The van der Waals surface area contributed by atoms with Gasteiger partial charge in [0, 0.05) is 5.39 Å². The number of pyridine rings is 1. The van der Waals surface area contributed by atoms with Gasteiger partial charge in [0.1, 0.15) is 17.9 Å². The lowest BCUT2D eigenvalue weighted by atomic mass is 10.0. The standard InChI is InChI=1S/C20H20N6O2/c1-11(2)18-14-8-12(3)4-5-13(14)20(28)26(25-18)9-17(27)23-16-7-6-15-19(24-16)22-10-21-15/h4-8,10-11H,9H2,1-3H3,(H2,21,22,23,24,27). The molecule has 8 nitrogen and oxygen atoms in total. The smallest absolute Gasteiger partial charge is 0.275 e. The van der Waals surface area contributed by atoms with Crippen LogP contribution in [0, 0.1) is 6.92 Å². The van der Waals surface area contributed by atoms with E-state index in [2.05, 4.69) is 25.4 Å². The van der Waals surface area contributed by atoms with Crippen LogP contribution in [-0.2, 0) is 11.3 Å². The molecular weight excluding hydrogens is 356 g/mol. The largest absolute Gasteiger partial charge is 0.329 e. The number of hydrogen-bond donors (Lipinski definition) is 2. The predicted molar refractivity (Wildman–Crippen MR) is 107 cm³/mol. The van der Waals surface area contributed by atoms with Crippen LogP contribution < -0.4 is 10.9 Å². The van der Waals surface area contributed by atoms with E-state index in [4.69, 9.17) is 0 Å². The molecule has 0 spiro atoms. The molecule has 3 heterocycles. The van der Waals surface area contributed by atoms with Crippen molar-refractivity contribution in [2.45, 2.75) is 33.2 Å². The fourth-order valence-electron chi connectivity index (χ4n) is 3.17. The minimum absolute atomic E-state index is 0.115. The quantitative estimate of drug-likeness (QED) is 0.570. The monoisotopic (exact) mass is 376 g/mol. The normalized spacial score (nSPS) is 11.4. The topological polar surface area (TPSA) is 106 Å². The number of benzene rings is 1. The maximum absolute atomic E-state index is 12.8. The molecule has 0 saturated carbocycles. The first kappa shape index (κ1) is 17.8. The summed E-state index contributed by atoms with van der Waals surface area (Å²) >= 11 is 0. The van der Waals surface area contributed by atoms with Crippen molar-refractivity contribution in [3.05, 3.63) is 58.3 Å². The Morgan fingerprint density at radius 1 is 1.21 bits per heavy atom. The third kappa shape index (κ3) is 3.24. The number of aromatic nitrogens is 5. The Labute approximate surface area is 160 Å². The van der Waals surface area contributed by atoms with Gasteiger partial charge in [0.25, 0.3) is 5.56 Å². The number of carbonyl (C=O) groups is 1. The molecule has 1 aromatic carbocycles. The fourth-order valence-corrected chi connectivity index (χ4v) is 3.17. The lowest BCUT2D eigenvalue weighted by Crippen LogP contribution is -2.31. The zero-order valence-corrected chi connectivity index (χ0v) is 15.9. The highest BCUT2D eigenvalue weighted by Gasteiger charge is 2.15. The van der Waals surface area contributed by atoms with Crippen LogP contribution in [0.2, 0.25) is 0 Å². The van der Waals surface area contributed by atoms with Gasteiger partial charge in [-0.05, 0) is 37.1 Å². The van der Waals surface area contributed by atoms with E-state index in [9.17, 15) is 9.59 Å². The molecule has 4 aromatic rings. The van der Waals surface area contributed by atoms with Crippen LogP contribution in [0.4, 0.5) is 5.82 Å². The first-order chi connectivity index (χ1) is 13.4. The van der Waals surface area contributed by atoms with Crippen molar-refractivity contribution < 1.29 is 4.79 Å². The number of nitrogens with zero attached hydrogens (tertiary/aromatic N) is 4. The van der Waals surface area contributed by atoms with E-state index in [0.717, 1.165) is 16.6 Å². The molecule has 0 aliphatic carbocycles. The van der Waals surface area contributed by atoms with E-state index in [1.807, 2.05) is 32.9 Å². The Morgan fingerprint density at radius 3 is 2.82 bits per heavy atom. The van der Waals surface area contributed by atoms with Crippen LogP contribution in [0.25, 0.3) is 21.9 Å². The third-order valence-corrected chi connectivity index (χ3v) is 4.53. The van der Waals surface area contributed by atoms with E-state index in [0.29, 0.717) is 22.4 Å². The van der Waals surface area contributed by atoms with Crippen LogP contribution in [0.5, 0.6) is 0 Å². The summed E-state index contributed by atoms with van der Waals surface area (Å²) < 4.78 is 1.22. The average molecular weight is 376 g/mol. The van der Waals surface area contributed by atoms with Crippen molar-refractivity contribution in [2.75, 3.05) is 5.32 Å². The zero-order valence-electron chi connectivity index (χ0n) is 15.9. The van der Waals surface area contributed by atoms with Crippen LogP contribution in [-0.4, -0.2) is 30.6 Å². The Kier molecular flexibility index (Phi) is 4.38. The van der Waals surface area contributed by atoms with E-state index >= 15 is 0 Å². The number of imidazole rings is 1. The summed E-state index contributed by atoms with van der Waals surface area (Å²) in [6.07, 6.45) is 1.54. The van der Waals surface area contributed by atoms with E-state index in [1.54, 1.807) is 18.2 Å². The number of amides is 1. The highest BCUT2D eigenvalue weighted by atomic mass is 16.2. The van der Waals surface area contributed by atoms with Crippen LogP contribution in [0.15, 0.2) is 41.5 Å². The van der Waals surface area contributed by atoms with Crippen molar-refractivity contribution in [1.29, 1.82) is 0 Å². The average Bonchev–Trinajstić information content (AvgIpc) is 3.11. The highest BCUT2D eigenvalue weighted by Crippen LogP contribution is 2.22. The zero-order chi connectivity index (χ0) is 19.8. The van der Waals surface area contributed by atoms with E-state index in [1.165, 1.54) is 11.0 Å². The Bertz CT molecular complexity index is 1250. The van der Waals surface area contributed by atoms with Gasteiger partial charge in [0.05, 0.1) is 17.4 Å². The van der Waals surface area contributed by atoms with Gasteiger partial charge in [-0.2, -0.15) is 5.10 Å². The minimum atomic E-state index is -0.373. The number of aryl methyl sites for hydroxylation is 1. The Balaban J connectivity index is 1.66. The van der Waals surface area contributed by atoms with E-state index < -0.39 is 0 Å². The second kappa shape index (κ2) is 6.88. The van der Waals surface area contributed by atoms with Gasteiger partial charge in [0.15, 0.2) is 5.65 Å². The number of H-pyrrole nitrogens is 1. The number of nitrogens with one attached hydrogen (secondary N) is 2. The first-order valence-corrected chi connectivity index (χ1v) is 9.04. The fraction of sp³-hybridized carbons (Fsp3) is 0.250. The summed E-state index contributed by atoms with van der Waals surface area (Å²) in [5.74, 6) is 0.126. The van der Waals surface area contributed by atoms with Crippen molar-refractivity contribution >= 4 is 33.7 Å². The molecule has 0 saturated heterocycles. The molecule has 2 N–H and O–H groups in total. The van der Waals surface area contributed by atoms with Crippen molar-refractivity contribution in [2.24, 2.45) is 0 Å². The van der Waals surface area contributed by atoms with Gasteiger partial charge in [-0.15, -0.1) is 0 Å². The second-order valence-corrected chi connectivity index (χ2v) is 7.07. The molecular formula is C20H20N6O2. The number of hydrogen-bond acceptors (Lipinski definition) is 5. The van der Waals surface area contributed by atoms with Gasteiger partial charge in [-0.25, -0.2) is 14.6 Å². The first-order valence-electron chi connectivity index (χ1n) is 9.04. The van der Waals surface area contributed by atoms with Gasteiger partial charge in [-0.1, -0.05) is 25.5 Å². The maximum Gasteiger partial charge on any atom is 0.275 e. The summed E-state index contributed by atoms with van der Waals surface area (Å²) in [7, 11) is 0.